The Morgan fingerprint density at radius 3 is 1.55 bits per heavy atom. The standard InChI is InChI=1S/C35H49N2P/c1-27-15-9-12-22-32(27)36-25-26-37(33-23-13-10-16-28(33)2)35(36)31-21-11-14-24-34(31)38(29-17-5-3-6-18-29)30-19-7-4-8-20-30/h9-10,12-13,15-16,22-23,29-30,34H,3-8,11,14,17-21,24-26H2,1-2H3. The molecular weight excluding hydrogens is 479 g/mol. The van der Waals surface area contributed by atoms with Crippen molar-refractivity contribution in [2.45, 2.75) is 121 Å². The van der Waals surface area contributed by atoms with E-state index < -0.39 is 0 Å². The molecule has 0 bridgehead atoms. The molecule has 3 saturated carbocycles. The average molecular weight is 529 g/mol. The second-order valence-corrected chi connectivity index (χ2v) is 15.5. The van der Waals surface area contributed by atoms with E-state index in [0.717, 1.165) is 30.1 Å². The predicted octanol–water partition coefficient (Wildman–Crippen LogP) is 9.93. The quantitative estimate of drug-likeness (QED) is 0.356. The van der Waals surface area contributed by atoms with Gasteiger partial charge >= 0.3 is 0 Å². The molecule has 2 aromatic rings. The average Bonchev–Trinajstić information content (AvgIpc) is 3.39. The first-order valence-electron chi connectivity index (χ1n) is 15.9. The minimum atomic E-state index is 0.0270. The third-order valence-electron chi connectivity index (χ3n) is 10.1. The minimum Gasteiger partial charge on any atom is -0.326 e. The maximum atomic E-state index is 2.74. The van der Waals surface area contributed by atoms with Gasteiger partial charge in [-0.05, 0) is 98.9 Å². The summed E-state index contributed by atoms with van der Waals surface area (Å²) in [7, 11) is 0.0270. The van der Waals surface area contributed by atoms with Gasteiger partial charge < -0.3 is 9.80 Å². The van der Waals surface area contributed by atoms with Crippen LogP contribution in [-0.2, 0) is 0 Å². The lowest BCUT2D eigenvalue weighted by atomic mass is 9.93. The molecule has 0 spiro atoms. The molecule has 0 N–H and O–H groups in total. The zero-order valence-electron chi connectivity index (χ0n) is 24.0. The van der Waals surface area contributed by atoms with Crippen molar-refractivity contribution in [3.63, 3.8) is 0 Å². The number of hydrogen-bond donors (Lipinski definition) is 0. The van der Waals surface area contributed by atoms with E-state index in [4.69, 9.17) is 0 Å². The number of hydrogen-bond acceptors (Lipinski definition) is 2. The van der Waals surface area contributed by atoms with Gasteiger partial charge in [-0.15, -0.1) is 0 Å². The molecule has 1 unspecified atom stereocenters. The second-order valence-electron chi connectivity index (χ2n) is 12.5. The van der Waals surface area contributed by atoms with Crippen molar-refractivity contribution < 1.29 is 0 Å². The van der Waals surface area contributed by atoms with Gasteiger partial charge in [-0.3, -0.25) is 0 Å². The summed E-state index contributed by atoms with van der Waals surface area (Å²) in [5, 5.41) is 0. The highest BCUT2D eigenvalue weighted by Gasteiger charge is 2.42. The van der Waals surface area contributed by atoms with E-state index in [9.17, 15) is 0 Å². The Kier molecular flexibility index (Phi) is 8.46. The monoisotopic (exact) mass is 528 g/mol. The lowest BCUT2D eigenvalue weighted by molar-refractivity contribution is 0.476. The van der Waals surface area contributed by atoms with Crippen molar-refractivity contribution >= 4 is 19.3 Å². The number of anilines is 2. The molecule has 2 nitrogen and oxygen atoms in total. The molecule has 4 fully saturated rings. The van der Waals surface area contributed by atoms with Crippen LogP contribution in [0, 0.1) is 13.8 Å². The lowest BCUT2D eigenvalue weighted by Gasteiger charge is -2.46. The number of nitrogens with zero attached hydrogens (tertiary/aromatic N) is 2. The molecule has 1 aliphatic heterocycles. The van der Waals surface area contributed by atoms with Crippen molar-refractivity contribution in [2.24, 2.45) is 0 Å². The zero-order chi connectivity index (χ0) is 25.9. The second kappa shape index (κ2) is 12.2. The van der Waals surface area contributed by atoms with Crippen molar-refractivity contribution in [3.05, 3.63) is 71.1 Å². The summed E-state index contributed by atoms with van der Waals surface area (Å²) in [6.07, 6.45) is 20.5. The Labute approximate surface area is 233 Å². The number of allylic oxidation sites excluding steroid dienone is 1. The lowest BCUT2D eigenvalue weighted by Crippen LogP contribution is -2.34. The Hall–Kier alpha value is -1.79. The van der Waals surface area contributed by atoms with Gasteiger partial charge in [-0.25, -0.2) is 0 Å². The maximum absolute atomic E-state index is 2.74. The highest BCUT2D eigenvalue weighted by atomic mass is 31.1. The molecule has 2 aromatic carbocycles. The minimum absolute atomic E-state index is 0.0270. The van der Waals surface area contributed by atoms with Gasteiger partial charge in [-0.1, -0.05) is 89.3 Å². The maximum Gasteiger partial charge on any atom is 0.113 e. The van der Waals surface area contributed by atoms with Crippen molar-refractivity contribution in [1.82, 2.24) is 0 Å². The predicted molar refractivity (Wildman–Crippen MR) is 167 cm³/mol. The van der Waals surface area contributed by atoms with E-state index in [2.05, 4.69) is 72.2 Å². The Morgan fingerprint density at radius 2 is 1.05 bits per heavy atom. The van der Waals surface area contributed by atoms with Crippen LogP contribution >= 0.6 is 7.92 Å². The normalized spacial score (nSPS) is 24.0. The number of rotatable bonds is 5. The fourth-order valence-corrected chi connectivity index (χ4v) is 12.9. The van der Waals surface area contributed by atoms with Crippen LogP contribution in [0.15, 0.2) is 59.9 Å². The van der Waals surface area contributed by atoms with Gasteiger partial charge in [0.2, 0.25) is 0 Å². The molecule has 38 heavy (non-hydrogen) atoms. The number of benzene rings is 2. The summed E-state index contributed by atoms with van der Waals surface area (Å²) in [6, 6.07) is 18.3. The smallest absolute Gasteiger partial charge is 0.113 e. The molecule has 3 heteroatoms. The molecular formula is C35H49N2P. The molecule has 4 aliphatic rings. The third-order valence-corrected chi connectivity index (χ3v) is 14.1. The molecule has 0 radical (unpaired) electrons. The van der Waals surface area contributed by atoms with E-state index in [1.807, 2.05) is 5.57 Å². The molecule has 1 saturated heterocycles. The number of para-hydroxylation sites is 2. The van der Waals surface area contributed by atoms with Crippen LogP contribution in [0.25, 0.3) is 0 Å². The SMILES string of the molecule is Cc1ccccc1N1CCN(c2ccccc2C)C1=C1CCCCC1P(C1CCCCC1)C1CCCCC1. The Balaban J connectivity index is 1.48. The first kappa shape index (κ1) is 26.4. The Bertz CT molecular complexity index is 1040. The Morgan fingerprint density at radius 1 is 0.579 bits per heavy atom. The van der Waals surface area contributed by atoms with Crippen LogP contribution < -0.4 is 9.80 Å². The summed E-state index contributed by atoms with van der Waals surface area (Å²) >= 11 is 0. The summed E-state index contributed by atoms with van der Waals surface area (Å²) in [4.78, 5) is 5.48. The molecule has 0 amide bonds. The first-order valence-corrected chi connectivity index (χ1v) is 17.4. The largest absolute Gasteiger partial charge is 0.326 e. The molecule has 0 aromatic heterocycles. The van der Waals surface area contributed by atoms with Crippen LogP contribution in [0.2, 0.25) is 0 Å². The van der Waals surface area contributed by atoms with Crippen molar-refractivity contribution in [3.8, 4) is 0 Å². The molecule has 1 heterocycles. The van der Waals surface area contributed by atoms with Crippen LogP contribution in [0.3, 0.4) is 0 Å². The van der Waals surface area contributed by atoms with Crippen LogP contribution in [0.1, 0.15) is 101 Å². The third kappa shape index (κ3) is 5.32. The fraction of sp³-hybridized carbons (Fsp3) is 0.600. The molecule has 6 rings (SSSR count). The van der Waals surface area contributed by atoms with Gasteiger partial charge in [0.1, 0.15) is 5.82 Å². The summed E-state index contributed by atoms with van der Waals surface area (Å²) in [6.45, 7) is 6.80. The van der Waals surface area contributed by atoms with Crippen LogP contribution in [0.5, 0.6) is 0 Å². The zero-order valence-corrected chi connectivity index (χ0v) is 24.9. The van der Waals surface area contributed by atoms with Gasteiger partial charge in [0.05, 0.1) is 0 Å². The highest BCUT2D eigenvalue weighted by molar-refractivity contribution is 7.60. The summed E-state index contributed by atoms with van der Waals surface area (Å²) < 4.78 is 0. The summed E-state index contributed by atoms with van der Waals surface area (Å²) in [5.41, 5.74) is 10.4. The fourth-order valence-electron chi connectivity index (χ4n) is 8.26. The van der Waals surface area contributed by atoms with Crippen molar-refractivity contribution in [1.29, 1.82) is 0 Å². The number of aryl methyl sites for hydroxylation is 2. The highest BCUT2D eigenvalue weighted by Crippen LogP contribution is 2.63. The molecule has 3 aliphatic carbocycles. The van der Waals surface area contributed by atoms with E-state index in [1.54, 1.807) is 5.82 Å². The van der Waals surface area contributed by atoms with Gasteiger partial charge in [0.15, 0.2) is 0 Å². The van der Waals surface area contributed by atoms with Gasteiger partial charge in [0.25, 0.3) is 0 Å². The summed E-state index contributed by atoms with van der Waals surface area (Å²) in [5.74, 6) is 1.58. The van der Waals surface area contributed by atoms with Gasteiger partial charge in [-0.2, -0.15) is 0 Å². The van der Waals surface area contributed by atoms with Crippen molar-refractivity contribution in [2.75, 3.05) is 22.9 Å². The molecule has 1 atom stereocenters. The van der Waals surface area contributed by atoms with E-state index in [1.165, 1.54) is 112 Å². The van der Waals surface area contributed by atoms with Crippen LogP contribution in [-0.4, -0.2) is 30.1 Å². The molecule has 204 valence electrons. The van der Waals surface area contributed by atoms with E-state index in [-0.39, 0.29) is 7.92 Å². The topological polar surface area (TPSA) is 6.48 Å². The van der Waals surface area contributed by atoms with Crippen LogP contribution in [0.4, 0.5) is 11.4 Å². The van der Waals surface area contributed by atoms with E-state index in [0.29, 0.717) is 0 Å². The van der Waals surface area contributed by atoms with E-state index >= 15 is 0 Å². The van der Waals surface area contributed by atoms with Gasteiger partial charge in [0, 0.05) is 30.1 Å². The first-order chi connectivity index (χ1) is 18.7.